The van der Waals surface area contributed by atoms with Gasteiger partial charge in [-0.05, 0) is 18.2 Å². The zero-order valence-corrected chi connectivity index (χ0v) is 13.1. The summed E-state index contributed by atoms with van der Waals surface area (Å²) in [4.78, 5) is 11.0. The van der Waals surface area contributed by atoms with E-state index in [1.54, 1.807) is 0 Å². The lowest BCUT2D eigenvalue weighted by Crippen LogP contribution is -2.41. The Hall–Kier alpha value is -1.75. The van der Waals surface area contributed by atoms with Crippen LogP contribution in [0.25, 0.3) is 0 Å². The molecule has 1 heterocycles. The van der Waals surface area contributed by atoms with Crippen LogP contribution in [0.5, 0.6) is 0 Å². The van der Waals surface area contributed by atoms with Crippen molar-refractivity contribution in [3.8, 4) is 0 Å². The fourth-order valence-corrected chi connectivity index (χ4v) is 3.55. The molecule has 1 fully saturated rings. The average molecular weight is 347 g/mol. The van der Waals surface area contributed by atoms with E-state index in [4.69, 9.17) is 9.84 Å². The Morgan fingerprint density at radius 1 is 1.35 bits per heavy atom. The fourth-order valence-electron chi connectivity index (χ4n) is 2.05. The largest absolute Gasteiger partial charge is 0.395 e. The Bertz CT molecular complexity index is 662. The molecule has 10 heteroatoms. The predicted molar refractivity (Wildman–Crippen MR) is 80.1 cm³/mol. The van der Waals surface area contributed by atoms with Crippen LogP contribution in [0, 0.1) is 5.82 Å². The van der Waals surface area contributed by atoms with E-state index in [0.717, 1.165) is 16.4 Å². The van der Waals surface area contributed by atoms with Crippen LogP contribution in [-0.4, -0.2) is 63.3 Å². The van der Waals surface area contributed by atoms with Gasteiger partial charge in [-0.15, -0.1) is 0 Å². The minimum Gasteiger partial charge on any atom is -0.395 e. The summed E-state index contributed by atoms with van der Waals surface area (Å²) in [6.45, 7) is 0.622. The van der Waals surface area contributed by atoms with Gasteiger partial charge in [-0.3, -0.25) is 0 Å². The fraction of sp³-hybridized carbons (Fsp3) is 0.462. The van der Waals surface area contributed by atoms with Crippen LogP contribution >= 0.6 is 0 Å². The molecule has 0 aromatic heterocycles. The van der Waals surface area contributed by atoms with Crippen molar-refractivity contribution in [2.24, 2.45) is 0 Å². The molecule has 2 amide bonds. The number of amides is 2. The van der Waals surface area contributed by atoms with Crippen LogP contribution in [0.3, 0.4) is 0 Å². The summed E-state index contributed by atoms with van der Waals surface area (Å²) in [5, 5.41) is 13.4. The molecule has 128 valence electrons. The SMILES string of the molecule is O=C(NCCO)Nc1ccc(F)c(S(=O)(=O)N2CCOCC2)c1. The molecule has 1 aliphatic rings. The highest BCUT2D eigenvalue weighted by atomic mass is 32.2. The molecule has 1 aromatic rings. The molecule has 0 atom stereocenters. The number of morpholine rings is 1. The van der Waals surface area contributed by atoms with Crippen LogP contribution in [0.2, 0.25) is 0 Å². The van der Waals surface area contributed by atoms with Gasteiger partial charge in [0.15, 0.2) is 0 Å². The molecule has 0 saturated carbocycles. The van der Waals surface area contributed by atoms with E-state index in [0.29, 0.717) is 0 Å². The number of aliphatic hydroxyl groups is 1. The van der Waals surface area contributed by atoms with Crippen molar-refractivity contribution in [3.05, 3.63) is 24.0 Å². The summed E-state index contributed by atoms with van der Waals surface area (Å²) < 4.78 is 45.2. The van der Waals surface area contributed by atoms with Gasteiger partial charge in [0.1, 0.15) is 10.7 Å². The van der Waals surface area contributed by atoms with Crippen LogP contribution in [-0.2, 0) is 14.8 Å². The predicted octanol–water partition coefficient (Wildman–Crippen LogP) is -0.0396. The van der Waals surface area contributed by atoms with E-state index in [-0.39, 0.29) is 45.1 Å². The zero-order valence-electron chi connectivity index (χ0n) is 12.3. The number of benzene rings is 1. The molecule has 0 spiro atoms. The van der Waals surface area contributed by atoms with E-state index in [1.807, 2.05) is 0 Å². The van der Waals surface area contributed by atoms with Crippen molar-refractivity contribution in [1.29, 1.82) is 0 Å². The molecule has 1 saturated heterocycles. The van der Waals surface area contributed by atoms with Crippen molar-refractivity contribution >= 4 is 21.7 Å². The molecule has 1 aromatic carbocycles. The summed E-state index contributed by atoms with van der Waals surface area (Å²) in [7, 11) is -4.00. The lowest BCUT2D eigenvalue weighted by atomic mass is 10.3. The number of nitrogens with one attached hydrogen (secondary N) is 2. The molecule has 3 N–H and O–H groups in total. The first-order valence-electron chi connectivity index (χ1n) is 6.98. The number of carbonyl (C=O) groups is 1. The van der Waals surface area contributed by atoms with Gasteiger partial charge < -0.3 is 20.5 Å². The lowest BCUT2D eigenvalue weighted by molar-refractivity contribution is 0.0729. The summed E-state index contributed by atoms with van der Waals surface area (Å²) in [6, 6.07) is 2.68. The van der Waals surface area contributed by atoms with Gasteiger partial charge in [0.25, 0.3) is 0 Å². The summed E-state index contributed by atoms with van der Waals surface area (Å²) in [5.41, 5.74) is 0.133. The number of aliphatic hydroxyl groups excluding tert-OH is 1. The maximum Gasteiger partial charge on any atom is 0.319 e. The van der Waals surface area contributed by atoms with Crippen LogP contribution in [0.15, 0.2) is 23.1 Å². The highest BCUT2D eigenvalue weighted by Crippen LogP contribution is 2.23. The second-order valence-electron chi connectivity index (χ2n) is 4.77. The summed E-state index contributed by atoms with van der Waals surface area (Å²) in [5.74, 6) is -0.891. The third kappa shape index (κ3) is 4.38. The van der Waals surface area contributed by atoms with Crippen molar-refractivity contribution in [2.75, 3.05) is 44.8 Å². The second-order valence-corrected chi connectivity index (χ2v) is 6.67. The van der Waals surface area contributed by atoms with Crippen LogP contribution in [0.4, 0.5) is 14.9 Å². The maximum absolute atomic E-state index is 14.0. The third-order valence-corrected chi connectivity index (χ3v) is 5.09. The van der Waals surface area contributed by atoms with Crippen molar-refractivity contribution in [3.63, 3.8) is 0 Å². The number of urea groups is 1. The molecule has 0 radical (unpaired) electrons. The molecule has 8 nitrogen and oxygen atoms in total. The first-order chi connectivity index (χ1) is 10.9. The Morgan fingerprint density at radius 3 is 2.70 bits per heavy atom. The number of carbonyl (C=O) groups excluding carboxylic acids is 1. The second kappa shape index (κ2) is 7.68. The minimum absolute atomic E-state index is 0.0476. The van der Waals surface area contributed by atoms with Gasteiger partial charge in [-0.1, -0.05) is 0 Å². The quantitative estimate of drug-likeness (QED) is 0.693. The topological polar surface area (TPSA) is 108 Å². The third-order valence-electron chi connectivity index (χ3n) is 3.17. The van der Waals surface area contributed by atoms with E-state index >= 15 is 0 Å². The number of nitrogens with zero attached hydrogens (tertiary/aromatic N) is 1. The van der Waals surface area contributed by atoms with Gasteiger partial charge in [0, 0.05) is 25.3 Å². The smallest absolute Gasteiger partial charge is 0.319 e. The molecule has 2 rings (SSSR count). The molecule has 0 bridgehead atoms. The van der Waals surface area contributed by atoms with E-state index in [2.05, 4.69) is 10.6 Å². The Labute approximate surface area is 133 Å². The van der Waals surface area contributed by atoms with Gasteiger partial charge >= 0.3 is 6.03 Å². The highest BCUT2D eigenvalue weighted by molar-refractivity contribution is 7.89. The number of hydrogen-bond acceptors (Lipinski definition) is 5. The standard InChI is InChI=1S/C13H18FN3O5S/c14-11-2-1-10(16-13(19)15-3-6-18)9-12(11)23(20,21)17-4-7-22-8-5-17/h1-2,9,18H,3-8H2,(H2,15,16,19). The number of halogens is 1. The van der Waals surface area contributed by atoms with Crippen LogP contribution < -0.4 is 10.6 Å². The zero-order chi connectivity index (χ0) is 16.9. The maximum atomic E-state index is 14.0. The molecule has 0 unspecified atom stereocenters. The number of hydrogen-bond donors (Lipinski definition) is 3. The number of sulfonamides is 1. The van der Waals surface area contributed by atoms with Crippen molar-refractivity contribution in [2.45, 2.75) is 4.90 Å². The normalized spacial score (nSPS) is 16.1. The van der Waals surface area contributed by atoms with Crippen molar-refractivity contribution < 1.29 is 27.4 Å². The van der Waals surface area contributed by atoms with Crippen molar-refractivity contribution in [1.82, 2.24) is 9.62 Å². The van der Waals surface area contributed by atoms with Gasteiger partial charge in [-0.2, -0.15) is 4.31 Å². The lowest BCUT2D eigenvalue weighted by Gasteiger charge is -2.26. The Morgan fingerprint density at radius 2 is 2.04 bits per heavy atom. The van der Waals surface area contributed by atoms with Gasteiger partial charge in [0.05, 0.1) is 19.8 Å². The first-order valence-corrected chi connectivity index (χ1v) is 8.42. The van der Waals surface area contributed by atoms with Crippen LogP contribution in [0.1, 0.15) is 0 Å². The summed E-state index contributed by atoms with van der Waals surface area (Å²) in [6.07, 6.45) is 0. The van der Waals surface area contributed by atoms with E-state index in [9.17, 15) is 17.6 Å². The van der Waals surface area contributed by atoms with E-state index < -0.39 is 26.8 Å². The summed E-state index contributed by atoms with van der Waals surface area (Å²) >= 11 is 0. The molecule has 1 aliphatic heterocycles. The van der Waals surface area contributed by atoms with E-state index in [1.165, 1.54) is 6.07 Å². The van der Waals surface area contributed by atoms with Gasteiger partial charge in [0.2, 0.25) is 10.0 Å². The minimum atomic E-state index is -4.00. The number of ether oxygens (including phenoxy) is 1. The monoisotopic (exact) mass is 347 g/mol. The van der Waals surface area contributed by atoms with Gasteiger partial charge in [-0.25, -0.2) is 17.6 Å². The molecular weight excluding hydrogens is 329 g/mol. The molecular formula is C13H18FN3O5S. The number of rotatable bonds is 5. The highest BCUT2D eigenvalue weighted by Gasteiger charge is 2.29. The molecule has 0 aliphatic carbocycles. The number of anilines is 1. The first kappa shape index (κ1) is 17.6. The molecule has 23 heavy (non-hydrogen) atoms. The Kier molecular flexibility index (Phi) is 5.88. The average Bonchev–Trinajstić information content (AvgIpc) is 2.55. The Balaban J connectivity index is 2.21.